The maximum atomic E-state index is 13.2. The summed E-state index contributed by atoms with van der Waals surface area (Å²) in [5.41, 5.74) is 10.8. The molecule has 6 aromatic rings. The summed E-state index contributed by atoms with van der Waals surface area (Å²) >= 11 is 0. The van der Waals surface area contributed by atoms with Crippen molar-refractivity contribution >= 4 is 0 Å². The van der Waals surface area contributed by atoms with Gasteiger partial charge in [0, 0.05) is 0 Å². The van der Waals surface area contributed by atoms with E-state index >= 15 is 0 Å². The van der Waals surface area contributed by atoms with Gasteiger partial charge in [0.2, 0.25) is 0 Å². The largest absolute Gasteiger partial charge is 0.416 e. The topological polar surface area (TPSA) is 0 Å². The van der Waals surface area contributed by atoms with Crippen LogP contribution in [0.5, 0.6) is 0 Å². The summed E-state index contributed by atoms with van der Waals surface area (Å²) < 4.78 is 64.9. The summed E-state index contributed by atoms with van der Waals surface area (Å²) in [5.74, 6) is -0.164. The highest BCUT2D eigenvalue weighted by Crippen LogP contribution is 2.35. The van der Waals surface area contributed by atoms with Gasteiger partial charge in [-0.05, 0) is 122 Å². The molecule has 0 bridgehead atoms. The number of alkyl halides is 3. The predicted octanol–water partition coefficient (Wildman–Crippen LogP) is 14.1. The van der Waals surface area contributed by atoms with Gasteiger partial charge in [-0.15, -0.1) is 0 Å². The van der Waals surface area contributed by atoms with Crippen LogP contribution < -0.4 is 0 Å². The van der Waals surface area contributed by atoms with Gasteiger partial charge < -0.3 is 0 Å². The summed E-state index contributed by atoms with van der Waals surface area (Å²) in [4.78, 5) is 0. The van der Waals surface area contributed by atoms with Crippen LogP contribution in [0.4, 0.5) is 22.0 Å². The van der Waals surface area contributed by atoms with Crippen LogP contribution in [0, 0.1) is 18.6 Å². The average molecular weight is 677 g/mol. The van der Waals surface area contributed by atoms with Crippen molar-refractivity contribution in [3.8, 4) is 44.5 Å². The lowest BCUT2D eigenvalue weighted by atomic mass is 9.83. The molecular weight excluding hydrogens is 635 g/mol. The van der Waals surface area contributed by atoms with Gasteiger partial charge >= 0.3 is 6.18 Å². The van der Waals surface area contributed by atoms with E-state index in [0.29, 0.717) is 5.92 Å². The molecule has 0 saturated carbocycles. The first kappa shape index (κ1) is 36.3. The molecule has 0 spiro atoms. The van der Waals surface area contributed by atoms with E-state index in [1.165, 1.54) is 35.4 Å². The van der Waals surface area contributed by atoms with Gasteiger partial charge in [0.05, 0.1) is 5.56 Å². The van der Waals surface area contributed by atoms with Crippen LogP contribution in [0.25, 0.3) is 44.5 Å². The maximum Gasteiger partial charge on any atom is 0.416 e. The van der Waals surface area contributed by atoms with Crippen LogP contribution >= 0.6 is 0 Å². The molecule has 0 amide bonds. The Bertz CT molecular complexity index is 1960. The molecule has 0 aromatic heterocycles. The fourth-order valence-corrected chi connectivity index (χ4v) is 5.59. The van der Waals surface area contributed by atoms with Crippen LogP contribution in [0.15, 0.2) is 133 Å². The molecule has 0 unspecified atom stereocenters. The quantitative estimate of drug-likeness (QED) is 0.159. The summed E-state index contributed by atoms with van der Waals surface area (Å²) in [6, 6.07) is 39.3. The standard InChI is InChI=1S/C23H21F3.C22H20F2/c1-15(2)19-12-20(17-6-4-16(3)5-7-17)14-21(13-19)18-8-10-22(11-9-18)23(24,25)26;1-22(2,3)19-13-17(15-4-8-20(23)9-5-15)12-18(14-19)16-6-10-21(24)11-7-16/h4-15H,1-3H3;4-14H,1-3H3. The highest BCUT2D eigenvalue weighted by molar-refractivity contribution is 5.76. The van der Waals surface area contributed by atoms with E-state index in [2.05, 4.69) is 89.2 Å². The molecular formula is C45H41F5. The smallest absolute Gasteiger partial charge is 0.207 e. The molecule has 256 valence electrons. The zero-order chi connectivity index (χ0) is 36.2. The Kier molecular flexibility index (Phi) is 10.8. The third kappa shape index (κ3) is 9.15. The molecule has 0 aliphatic heterocycles. The zero-order valence-corrected chi connectivity index (χ0v) is 29.2. The van der Waals surface area contributed by atoms with Gasteiger partial charge in [-0.1, -0.05) is 125 Å². The molecule has 0 heterocycles. The number of hydrogen-bond acceptors (Lipinski definition) is 0. The van der Waals surface area contributed by atoms with Crippen molar-refractivity contribution in [3.63, 3.8) is 0 Å². The minimum Gasteiger partial charge on any atom is -0.207 e. The molecule has 6 rings (SSSR count). The molecule has 0 aliphatic rings. The average Bonchev–Trinajstić information content (AvgIpc) is 3.08. The third-order valence-corrected chi connectivity index (χ3v) is 8.71. The second kappa shape index (κ2) is 14.8. The van der Waals surface area contributed by atoms with Crippen molar-refractivity contribution in [2.24, 2.45) is 0 Å². The van der Waals surface area contributed by atoms with Crippen LogP contribution in [0.2, 0.25) is 0 Å². The first-order valence-electron chi connectivity index (χ1n) is 16.6. The van der Waals surface area contributed by atoms with Crippen molar-refractivity contribution in [2.45, 2.75) is 59.1 Å². The fourth-order valence-electron chi connectivity index (χ4n) is 5.59. The van der Waals surface area contributed by atoms with Crippen molar-refractivity contribution in [1.29, 1.82) is 0 Å². The maximum absolute atomic E-state index is 13.2. The second-order valence-electron chi connectivity index (χ2n) is 14.0. The van der Waals surface area contributed by atoms with E-state index in [0.717, 1.165) is 62.2 Å². The predicted molar refractivity (Wildman–Crippen MR) is 197 cm³/mol. The Morgan fingerprint density at radius 1 is 0.420 bits per heavy atom. The highest BCUT2D eigenvalue weighted by atomic mass is 19.4. The third-order valence-electron chi connectivity index (χ3n) is 8.71. The molecule has 0 atom stereocenters. The molecule has 50 heavy (non-hydrogen) atoms. The monoisotopic (exact) mass is 676 g/mol. The highest BCUT2D eigenvalue weighted by Gasteiger charge is 2.30. The Labute approximate surface area is 292 Å². The van der Waals surface area contributed by atoms with Gasteiger partial charge in [-0.25, -0.2) is 8.78 Å². The Morgan fingerprint density at radius 2 is 0.760 bits per heavy atom. The van der Waals surface area contributed by atoms with E-state index in [-0.39, 0.29) is 17.0 Å². The van der Waals surface area contributed by atoms with Crippen molar-refractivity contribution in [1.82, 2.24) is 0 Å². The first-order valence-corrected chi connectivity index (χ1v) is 16.6. The van der Waals surface area contributed by atoms with Crippen LogP contribution in [0.1, 0.15) is 62.8 Å². The van der Waals surface area contributed by atoms with Crippen LogP contribution in [0.3, 0.4) is 0 Å². The molecule has 5 heteroatoms. The minimum atomic E-state index is -4.31. The minimum absolute atomic E-state index is 0.0230. The van der Waals surface area contributed by atoms with Crippen LogP contribution in [-0.4, -0.2) is 0 Å². The molecule has 0 nitrogen and oxygen atoms in total. The number of benzene rings is 6. The molecule has 0 saturated heterocycles. The van der Waals surface area contributed by atoms with Gasteiger partial charge in [0.1, 0.15) is 11.6 Å². The summed E-state index contributed by atoms with van der Waals surface area (Å²) in [5, 5.41) is 0. The molecule has 6 aromatic carbocycles. The fraction of sp³-hybridized carbons (Fsp3) is 0.200. The van der Waals surface area contributed by atoms with E-state index in [1.54, 1.807) is 36.4 Å². The normalized spacial score (nSPS) is 11.7. The van der Waals surface area contributed by atoms with Crippen LogP contribution in [-0.2, 0) is 11.6 Å². The number of rotatable bonds is 5. The molecule has 0 aliphatic carbocycles. The molecule has 0 radical (unpaired) electrons. The van der Waals surface area contributed by atoms with Crippen molar-refractivity contribution < 1.29 is 22.0 Å². The SMILES string of the molecule is CC(C)(C)c1cc(-c2ccc(F)cc2)cc(-c2ccc(F)cc2)c1.Cc1ccc(-c2cc(-c3ccc(C(F)(F)F)cc3)cc(C(C)C)c2)cc1. The first-order chi connectivity index (χ1) is 23.6. The number of aryl methyl sites for hydroxylation is 1. The van der Waals surface area contributed by atoms with E-state index in [1.807, 2.05) is 13.0 Å². The second-order valence-corrected chi connectivity index (χ2v) is 14.0. The number of halogens is 5. The van der Waals surface area contributed by atoms with Gasteiger partial charge in [0.25, 0.3) is 0 Å². The lowest BCUT2D eigenvalue weighted by Crippen LogP contribution is -2.11. The lowest BCUT2D eigenvalue weighted by Gasteiger charge is -2.21. The Morgan fingerprint density at radius 3 is 1.10 bits per heavy atom. The number of hydrogen-bond donors (Lipinski definition) is 0. The van der Waals surface area contributed by atoms with E-state index < -0.39 is 11.7 Å². The Balaban J connectivity index is 0.000000195. The van der Waals surface area contributed by atoms with Gasteiger partial charge in [-0.3, -0.25) is 0 Å². The zero-order valence-electron chi connectivity index (χ0n) is 29.2. The summed E-state index contributed by atoms with van der Waals surface area (Å²) in [6.07, 6.45) is -4.31. The van der Waals surface area contributed by atoms with Crippen molar-refractivity contribution in [2.75, 3.05) is 0 Å². The molecule has 0 N–H and O–H groups in total. The van der Waals surface area contributed by atoms with Gasteiger partial charge in [-0.2, -0.15) is 13.2 Å². The Hall–Kier alpha value is -5.03. The van der Waals surface area contributed by atoms with E-state index in [9.17, 15) is 22.0 Å². The van der Waals surface area contributed by atoms with E-state index in [4.69, 9.17) is 0 Å². The van der Waals surface area contributed by atoms with Crippen molar-refractivity contribution in [3.05, 3.63) is 167 Å². The lowest BCUT2D eigenvalue weighted by molar-refractivity contribution is -0.137. The molecule has 0 fully saturated rings. The van der Waals surface area contributed by atoms with Gasteiger partial charge in [0.15, 0.2) is 0 Å². The summed E-state index contributed by atoms with van der Waals surface area (Å²) in [6.45, 7) is 12.7. The summed E-state index contributed by atoms with van der Waals surface area (Å²) in [7, 11) is 0.